The van der Waals surface area contributed by atoms with Crippen LogP contribution in [-0.2, 0) is 6.54 Å². The van der Waals surface area contributed by atoms with Crippen molar-refractivity contribution in [2.24, 2.45) is 0 Å². The lowest BCUT2D eigenvalue weighted by molar-refractivity contribution is 0.0984. The first-order valence-corrected chi connectivity index (χ1v) is 11.5. The van der Waals surface area contributed by atoms with Gasteiger partial charge in [0.2, 0.25) is 0 Å². The van der Waals surface area contributed by atoms with E-state index >= 15 is 0 Å². The van der Waals surface area contributed by atoms with Crippen LogP contribution in [0.2, 0.25) is 0 Å². The van der Waals surface area contributed by atoms with Crippen molar-refractivity contribution in [3.63, 3.8) is 0 Å². The number of hydrogen-bond acceptors (Lipinski definition) is 5. The van der Waals surface area contributed by atoms with Crippen molar-refractivity contribution in [3.05, 3.63) is 101 Å². The molecule has 7 heteroatoms. The number of nitrogens with zero attached hydrogens (tertiary/aromatic N) is 5. The molecular formula is C26H23N5OS. The zero-order valence-corrected chi connectivity index (χ0v) is 19.5. The fourth-order valence-electron chi connectivity index (χ4n) is 3.86. The Morgan fingerprint density at radius 3 is 2.48 bits per heavy atom. The standard InChI is InChI=1S/C26H23N5OS/c1-17-11-12-18(2)24-23(17)29-26(33-24)30(16-20-8-7-13-27-14-20)25(32)22-15-28-31(19(22)3)21-9-5-4-6-10-21/h4-15H,16H2,1-3H3. The molecule has 5 rings (SSSR count). The van der Waals surface area contributed by atoms with Gasteiger partial charge in [-0.05, 0) is 55.7 Å². The average molecular weight is 454 g/mol. The van der Waals surface area contributed by atoms with Crippen LogP contribution in [-0.4, -0.2) is 25.7 Å². The van der Waals surface area contributed by atoms with E-state index in [1.54, 1.807) is 39.5 Å². The minimum absolute atomic E-state index is 0.132. The van der Waals surface area contributed by atoms with Crippen LogP contribution in [0.15, 0.2) is 73.2 Å². The van der Waals surface area contributed by atoms with Crippen LogP contribution in [0.4, 0.5) is 5.13 Å². The number of aromatic nitrogens is 4. The smallest absolute Gasteiger partial charge is 0.263 e. The Kier molecular flexibility index (Phi) is 5.48. The number of fused-ring (bicyclic) bond motifs is 1. The van der Waals surface area contributed by atoms with Gasteiger partial charge in [0.05, 0.1) is 39.9 Å². The molecular weight excluding hydrogens is 430 g/mol. The fraction of sp³-hybridized carbons (Fsp3) is 0.154. The summed E-state index contributed by atoms with van der Waals surface area (Å²) in [4.78, 5) is 24.7. The first kappa shape index (κ1) is 21.0. The van der Waals surface area contributed by atoms with Gasteiger partial charge in [0, 0.05) is 12.4 Å². The van der Waals surface area contributed by atoms with Gasteiger partial charge in [0.25, 0.3) is 5.91 Å². The summed E-state index contributed by atoms with van der Waals surface area (Å²) in [5.41, 5.74) is 6.38. The van der Waals surface area contributed by atoms with E-state index in [1.165, 1.54) is 0 Å². The van der Waals surface area contributed by atoms with Gasteiger partial charge in [-0.3, -0.25) is 14.7 Å². The molecule has 0 N–H and O–H groups in total. The summed E-state index contributed by atoms with van der Waals surface area (Å²) < 4.78 is 2.90. The molecule has 0 radical (unpaired) electrons. The summed E-state index contributed by atoms with van der Waals surface area (Å²) >= 11 is 1.54. The molecule has 0 spiro atoms. The van der Waals surface area contributed by atoms with Gasteiger partial charge in [0.15, 0.2) is 5.13 Å². The SMILES string of the molecule is Cc1ccc(C)c2sc(N(Cc3cccnc3)C(=O)c3cnn(-c4ccccc4)c3C)nc12. The molecule has 0 saturated heterocycles. The maximum atomic E-state index is 13.9. The van der Waals surface area contributed by atoms with Gasteiger partial charge in [-0.1, -0.05) is 47.7 Å². The number of pyridine rings is 1. The molecule has 5 aromatic rings. The first-order chi connectivity index (χ1) is 16.0. The highest BCUT2D eigenvalue weighted by Crippen LogP contribution is 2.34. The second-order valence-electron chi connectivity index (χ2n) is 8.02. The van der Waals surface area contributed by atoms with Gasteiger partial charge in [-0.25, -0.2) is 9.67 Å². The number of para-hydroxylation sites is 1. The predicted molar refractivity (Wildman–Crippen MR) is 132 cm³/mol. The van der Waals surface area contributed by atoms with E-state index in [4.69, 9.17) is 4.98 Å². The number of carbonyl (C=O) groups excluding carboxylic acids is 1. The van der Waals surface area contributed by atoms with Crippen molar-refractivity contribution >= 4 is 32.6 Å². The third-order valence-electron chi connectivity index (χ3n) is 5.71. The van der Waals surface area contributed by atoms with Crippen LogP contribution in [0.1, 0.15) is 32.7 Å². The van der Waals surface area contributed by atoms with Crippen LogP contribution in [0.5, 0.6) is 0 Å². The summed E-state index contributed by atoms with van der Waals surface area (Å²) in [5.74, 6) is -0.132. The number of carbonyl (C=O) groups is 1. The van der Waals surface area contributed by atoms with E-state index in [1.807, 2.05) is 56.3 Å². The summed E-state index contributed by atoms with van der Waals surface area (Å²) in [5, 5.41) is 5.17. The van der Waals surface area contributed by atoms with E-state index in [0.717, 1.165) is 38.3 Å². The van der Waals surface area contributed by atoms with Crippen molar-refractivity contribution < 1.29 is 4.79 Å². The van der Waals surface area contributed by atoms with E-state index < -0.39 is 0 Å². The minimum Gasteiger partial charge on any atom is -0.279 e. The second kappa shape index (κ2) is 8.60. The molecule has 33 heavy (non-hydrogen) atoms. The lowest BCUT2D eigenvalue weighted by atomic mass is 10.1. The van der Waals surface area contributed by atoms with Gasteiger partial charge < -0.3 is 0 Å². The fourth-order valence-corrected chi connectivity index (χ4v) is 4.97. The minimum atomic E-state index is -0.132. The molecule has 0 aliphatic carbocycles. The molecule has 2 aromatic carbocycles. The monoisotopic (exact) mass is 453 g/mol. The molecule has 164 valence electrons. The van der Waals surface area contributed by atoms with Crippen molar-refractivity contribution in [1.29, 1.82) is 0 Å². The van der Waals surface area contributed by atoms with Crippen LogP contribution in [0.3, 0.4) is 0 Å². The topological polar surface area (TPSA) is 63.9 Å². The molecule has 0 aliphatic heterocycles. The molecule has 3 heterocycles. The highest BCUT2D eigenvalue weighted by atomic mass is 32.1. The number of amides is 1. The Morgan fingerprint density at radius 1 is 0.970 bits per heavy atom. The molecule has 6 nitrogen and oxygen atoms in total. The van der Waals surface area contributed by atoms with Crippen LogP contribution < -0.4 is 4.90 Å². The molecule has 0 fully saturated rings. The Bertz CT molecular complexity index is 1400. The second-order valence-corrected chi connectivity index (χ2v) is 8.99. The molecule has 0 unspecified atom stereocenters. The quantitative estimate of drug-likeness (QED) is 0.345. The number of benzene rings is 2. The molecule has 1 amide bonds. The lowest BCUT2D eigenvalue weighted by Crippen LogP contribution is -2.30. The zero-order valence-electron chi connectivity index (χ0n) is 18.7. The maximum absolute atomic E-state index is 13.9. The largest absolute Gasteiger partial charge is 0.279 e. The Morgan fingerprint density at radius 2 is 1.76 bits per heavy atom. The summed E-state index contributed by atoms with van der Waals surface area (Å²) in [7, 11) is 0. The normalized spacial score (nSPS) is 11.1. The molecule has 0 aliphatic rings. The molecule has 0 atom stereocenters. The van der Waals surface area contributed by atoms with Crippen molar-refractivity contribution in [2.45, 2.75) is 27.3 Å². The Labute approximate surface area is 196 Å². The van der Waals surface area contributed by atoms with Crippen LogP contribution in [0.25, 0.3) is 15.9 Å². The van der Waals surface area contributed by atoms with Crippen LogP contribution in [0, 0.1) is 20.8 Å². The number of aryl methyl sites for hydroxylation is 2. The summed E-state index contributed by atoms with van der Waals surface area (Å²) in [6.07, 6.45) is 5.16. The van der Waals surface area contributed by atoms with Crippen molar-refractivity contribution in [3.8, 4) is 5.69 Å². The van der Waals surface area contributed by atoms with E-state index in [0.29, 0.717) is 17.2 Å². The number of anilines is 1. The van der Waals surface area contributed by atoms with Gasteiger partial charge in [-0.15, -0.1) is 0 Å². The molecule has 0 saturated carbocycles. The Balaban J connectivity index is 1.60. The first-order valence-electron chi connectivity index (χ1n) is 10.7. The number of hydrogen-bond donors (Lipinski definition) is 0. The predicted octanol–water partition coefficient (Wildman–Crippen LogP) is 5.65. The molecule has 3 aromatic heterocycles. The highest BCUT2D eigenvalue weighted by molar-refractivity contribution is 7.22. The number of rotatable bonds is 5. The van der Waals surface area contributed by atoms with Gasteiger partial charge >= 0.3 is 0 Å². The van der Waals surface area contributed by atoms with Gasteiger partial charge in [0.1, 0.15) is 0 Å². The Hall–Kier alpha value is -3.84. The van der Waals surface area contributed by atoms with E-state index in [-0.39, 0.29) is 5.91 Å². The highest BCUT2D eigenvalue weighted by Gasteiger charge is 2.26. The van der Waals surface area contributed by atoms with E-state index in [9.17, 15) is 4.79 Å². The van der Waals surface area contributed by atoms with Crippen LogP contribution >= 0.6 is 11.3 Å². The average Bonchev–Trinajstić information content (AvgIpc) is 3.46. The summed E-state index contributed by atoms with van der Waals surface area (Å²) in [6.45, 7) is 6.42. The third kappa shape index (κ3) is 3.91. The zero-order chi connectivity index (χ0) is 22.9. The number of thiazole rings is 1. The summed E-state index contributed by atoms with van der Waals surface area (Å²) in [6, 6.07) is 17.8. The van der Waals surface area contributed by atoms with Crippen molar-refractivity contribution in [2.75, 3.05) is 4.90 Å². The maximum Gasteiger partial charge on any atom is 0.263 e. The van der Waals surface area contributed by atoms with Gasteiger partial charge in [-0.2, -0.15) is 5.10 Å². The molecule has 0 bridgehead atoms. The lowest BCUT2D eigenvalue weighted by Gasteiger charge is -2.20. The van der Waals surface area contributed by atoms with Crippen molar-refractivity contribution in [1.82, 2.24) is 19.7 Å². The van der Waals surface area contributed by atoms with E-state index in [2.05, 4.69) is 29.1 Å². The third-order valence-corrected chi connectivity index (χ3v) is 6.93.